The zero-order valence-corrected chi connectivity index (χ0v) is 15.5. The molecule has 0 bridgehead atoms. The van der Waals surface area contributed by atoms with Crippen LogP contribution in [-0.4, -0.2) is 48.7 Å². The summed E-state index contributed by atoms with van der Waals surface area (Å²) in [6, 6.07) is 11.8. The second-order valence-corrected chi connectivity index (χ2v) is 7.24. The molecule has 27 heavy (non-hydrogen) atoms. The van der Waals surface area contributed by atoms with Crippen LogP contribution in [0.3, 0.4) is 0 Å². The van der Waals surface area contributed by atoms with Gasteiger partial charge >= 0.3 is 0 Å². The van der Waals surface area contributed by atoms with Gasteiger partial charge < -0.3 is 14.8 Å². The van der Waals surface area contributed by atoms with E-state index in [1.807, 2.05) is 30.3 Å². The van der Waals surface area contributed by atoms with Gasteiger partial charge in [-0.05, 0) is 36.2 Å². The predicted octanol–water partition coefficient (Wildman–Crippen LogP) is 2.57. The quantitative estimate of drug-likeness (QED) is 0.880. The van der Waals surface area contributed by atoms with Gasteiger partial charge in [0.2, 0.25) is 5.91 Å². The summed E-state index contributed by atoms with van der Waals surface area (Å²) in [7, 11) is 1.68. The van der Waals surface area contributed by atoms with Crippen molar-refractivity contribution in [3.63, 3.8) is 0 Å². The fourth-order valence-corrected chi connectivity index (χ4v) is 4.16. The number of carbonyl (C=O) groups is 1. The van der Waals surface area contributed by atoms with Crippen molar-refractivity contribution < 1.29 is 14.3 Å². The molecule has 1 N–H and O–H groups in total. The number of hydrogen-bond acceptors (Lipinski definition) is 5. The number of anilines is 1. The van der Waals surface area contributed by atoms with Crippen molar-refractivity contribution in [3.05, 3.63) is 54.4 Å². The average molecular weight is 367 g/mol. The zero-order valence-electron chi connectivity index (χ0n) is 15.5. The molecule has 142 valence electrons. The molecule has 1 aromatic carbocycles. The first-order chi connectivity index (χ1) is 13.2. The number of likely N-dealkylation sites (tertiary alicyclic amines) is 1. The highest BCUT2D eigenvalue weighted by atomic mass is 16.5. The number of fused-ring (bicyclic) bond motifs is 1. The minimum absolute atomic E-state index is 0.0545. The fourth-order valence-electron chi connectivity index (χ4n) is 4.16. The van der Waals surface area contributed by atoms with Crippen LogP contribution in [0, 0.1) is 11.8 Å². The van der Waals surface area contributed by atoms with E-state index in [0.717, 1.165) is 44.1 Å². The molecule has 2 aromatic rings. The van der Waals surface area contributed by atoms with Gasteiger partial charge in [0.05, 0.1) is 31.0 Å². The summed E-state index contributed by atoms with van der Waals surface area (Å²) >= 11 is 0. The highest BCUT2D eigenvalue weighted by Gasteiger charge is 2.43. The number of rotatable bonds is 5. The van der Waals surface area contributed by atoms with Crippen molar-refractivity contribution >= 4 is 11.6 Å². The summed E-state index contributed by atoms with van der Waals surface area (Å²) in [4.78, 5) is 19.4. The summed E-state index contributed by atoms with van der Waals surface area (Å²) < 4.78 is 11.3. The lowest BCUT2D eigenvalue weighted by Crippen LogP contribution is -2.51. The first kappa shape index (κ1) is 17.9. The number of methoxy groups -OCH3 is 1. The van der Waals surface area contributed by atoms with Crippen molar-refractivity contribution in [2.75, 3.05) is 32.1 Å². The van der Waals surface area contributed by atoms with E-state index < -0.39 is 0 Å². The zero-order chi connectivity index (χ0) is 18.6. The second-order valence-electron chi connectivity index (χ2n) is 7.24. The first-order valence-electron chi connectivity index (χ1n) is 9.40. The molecular formula is C21H25N3O3. The predicted molar refractivity (Wildman–Crippen MR) is 102 cm³/mol. The summed E-state index contributed by atoms with van der Waals surface area (Å²) in [6.07, 6.45) is 4.45. The van der Waals surface area contributed by atoms with Crippen LogP contribution in [-0.2, 0) is 16.1 Å². The number of nitrogens with zero attached hydrogens (tertiary/aromatic N) is 2. The van der Waals surface area contributed by atoms with Crippen LogP contribution in [0.1, 0.15) is 12.0 Å². The van der Waals surface area contributed by atoms with Gasteiger partial charge in [0.25, 0.3) is 0 Å². The third-order valence-corrected chi connectivity index (χ3v) is 5.48. The van der Waals surface area contributed by atoms with Crippen molar-refractivity contribution in [2.45, 2.75) is 19.1 Å². The summed E-state index contributed by atoms with van der Waals surface area (Å²) in [5.41, 5.74) is 1.92. The molecule has 2 aliphatic heterocycles. The topological polar surface area (TPSA) is 63.7 Å². The van der Waals surface area contributed by atoms with E-state index in [-0.39, 0.29) is 23.8 Å². The Morgan fingerprint density at radius 1 is 1.33 bits per heavy atom. The second kappa shape index (κ2) is 8.06. The van der Waals surface area contributed by atoms with Crippen molar-refractivity contribution in [1.82, 2.24) is 9.88 Å². The molecule has 0 unspecified atom stereocenters. The third kappa shape index (κ3) is 4.12. The number of nitrogens with one attached hydrogen (secondary N) is 1. The van der Waals surface area contributed by atoms with E-state index in [0.29, 0.717) is 0 Å². The van der Waals surface area contributed by atoms with Crippen LogP contribution in [0.4, 0.5) is 5.69 Å². The van der Waals surface area contributed by atoms with Crippen LogP contribution >= 0.6 is 0 Å². The maximum Gasteiger partial charge on any atom is 0.229 e. The number of pyridine rings is 1. The first-order valence-corrected chi connectivity index (χ1v) is 9.40. The summed E-state index contributed by atoms with van der Waals surface area (Å²) in [5.74, 6) is 1.10. The number of benzene rings is 1. The molecule has 3 atom stereocenters. The molecule has 0 radical (unpaired) electrons. The third-order valence-electron chi connectivity index (χ3n) is 5.48. The van der Waals surface area contributed by atoms with Gasteiger partial charge in [-0.25, -0.2) is 0 Å². The van der Waals surface area contributed by atoms with Crippen LogP contribution in [0.15, 0.2) is 48.8 Å². The van der Waals surface area contributed by atoms with E-state index in [2.05, 4.69) is 21.3 Å². The lowest BCUT2D eigenvalue weighted by Gasteiger charge is -2.39. The summed E-state index contributed by atoms with van der Waals surface area (Å²) in [5, 5.41) is 3.02. The van der Waals surface area contributed by atoms with E-state index in [4.69, 9.17) is 9.47 Å². The van der Waals surface area contributed by atoms with Crippen molar-refractivity contribution in [2.24, 2.45) is 11.8 Å². The highest BCUT2D eigenvalue weighted by molar-refractivity contribution is 5.92. The Balaban J connectivity index is 1.47. The Morgan fingerprint density at radius 3 is 3.07 bits per heavy atom. The molecule has 0 spiro atoms. The molecule has 2 fully saturated rings. The van der Waals surface area contributed by atoms with Gasteiger partial charge in [-0.15, -0.1) is 0 Å². The molecule has 0 saturated carbocycles. The van der Waals surface area contributed by atoms with Gasteiger partial charge in [0.1, 0.15) is 5.75 Å². The Hall–Kier alpha value is -2.44. The van der Waals surface area contributed by atoms with Crippen LogP contribution in [0.5, 0.6) is 5.75 Å². The molecule has 6 heteroatoms. The van der Waals surface area contributed by atoms with Gasteiger partial charge in [0.15, 0.2) is 0 Å². The molecule has 3 heterocycles. The molecule has 1 aromatic heterocycles. The lowest BCUT2D eigenvalue weighted by atomic mass is 9.82. The Labute approximate surface area is 159 Å². The average Bonchev–Trinajstić information content (AvgIpc) is 3.17. The Bertz CT molecular complexity index is 783. The molecule has 2 aliphatic rings. The Kier molecular flexibility index (Phi) is 5.36. The fraction of sp³-hybridized carbons (Fsp3) is 0.429. The normalized spacial score (nSPS) is 25.0. The number of ether oxygens (including phenoxy) is 2. The van der Waals surface area contributed by atoms with Crippen molar-refractivity contribution in [3.8, 4) is 5.75 Å². The standard InChI is InChI=1S/C21H25N3O3/c1-26-17-6-2-4-15(10-17)12-24-13-19(18-7-9-27-20(18)14-24)21(25)23-16-5-3-8-22-11-16/h2-6,8,10-11,18-20H,7,9,12-14H2,1H3,(H,23,25)/t18-,19-,20+/m0/s1. The summed E-state index contributed by atoms with van der Waals surface area (Å²) in [6.45, 7) is 3.10. The number of piperidine rings is 1. The number of hydrogen-bond donors (Lipinski definition) is 1. The smallest absolute Gasteiger partial charge is 0.229 e. The van der Waals surface area contributed by atoms with Crippen LogP contribution in [0.25, 0.3) is 0 Å². The van der Waals surface area contributed by atoms with Crippen LogP contribution in [0.2, 0.25) is 0 Å². The molecule has 6 nitrogen and oxygen atoms in total. The lowest BCUT2D eigenvalue weighted by molar-refractivity contribution is -0.125. The van der Waals surface area contributed by atoms with Gasteiger partial charge in [-0.1, -0.05) is 12.1 Å². The van der Waals surface area contributed by atoms with Gasteiger partial charge in [-0.2, -0.15) is 0 Å². The number of amides is 1. The van der Waals surface area contributed by atoms with E-state index >= 15 is 0 Å². The highest BCUT2D eigenvalue weighted by Crippen LogP contribution is 2.35. The van der Waals surface area contributed by atoms with Crippen molar-refractivity contribution in [1.29, 1.82) is 0 Å². The van der Waals surface area contributed by atoms with E-state index in [1.165, 1.54) is 5.56 Å². The molecule has 1 amide bonds. The van der Waals surface area contributed by atoms with E-state index in [1.54, 1.807) is 19.5 Å². The molecule has 2 saturated heterocycles. The number of aromatic nitrogens is 1. The minimum Gasteiger partial charge on any atom is -0.497 e. The molecular weight excluding hydrogens is 342 g/mol. The number of carbonyl (C=O) groups excluding carboxylic acids is 1. The molecule has 4 rings (SSSR count). The SMILES string of the molecule is COc1cccc(CN2C[C@H](C(=O)Nc3cccnc3)[C@@H]3CCO[C@@H]3C2)c1. The minimum atomic E-state index is -0.0861. The van der Waals surface area contributed by atoms with E-state index in [9.17, 15) is 4.79 Å². The van der Waals surface area contributed by atoms with Crippen LogP contribution < -0.4 is 10.1 Å². The largest absolute Gasteiger partial charge is 0.497 e. The maximum atomic E-state index is 13.0. The molecule has 0 aliphatic carbocycles. The monoisotopic (exact) mass is 367 g/mol. The Morgan fingerprint density at radius 2 is 2.26 bits per heavy atom. The van der Waals surface area contributed by atoms with Gasteiger partial charge in [0, 0.05) is 38.4 Å². The van der Waals surface area contributed by atoms with Gasteiger partial charge in [-0.3, -0.25) is 14.7 Å². The maximum absolute atomic E-state index is 13.0.